The molecule has 0 spiro atoms. The fourth-order valence-corrected chi connectivity index (χ4v) is 5.15. The van der Waals surface area contributed by atoms with Gasteiger partial charge in [-0.2, -0.15) is 5.10 Å². The van der Waals surface area contributed by atoms with Gasteiger partial charge in [0.05, 0.1) is 5.08 Å². The third kappa shape index (κ3) is 4.96. The first kappa shape index (κ1) is 12.7. The van der Waals surface area contributed by atoms with Gasteiger partial charge >= 0.3 is 0 Å². The number of aromatic nitrogens is 2. The van der Waals surface area contributed by atoms with Crippen molar-refractivity contribution in [2.75, 3.05) is 5.08 Å². The van der Waals surface area contributed by atoms with E-state index in [-0.39, 0.29) is 0 Å². The van der Waals surface area contributed by atoms with Crippen molar-refractivity contribution >= 4 is 73.4 Å². The Balaban J connectivity index is 2.16. The smallest absolute Gasteiger partial charge is 0.183 e. The van der Waals surface area contributed by atoms with E-state index in [0.717, 1.165) is 9.42 Å². The van der Waals surface area contributed by atoms with E-state index in [2.05, 4.69) is 15.6 Å². The summed E-state index contributed by atoms with van der Waals surface area (Å²) < 4.78 is 2.21. The van der Waals surface area contributed by atoms with Crippen molar-refractivity contribution in [2.45, 2.75) is 4.34 Å². The first-order valence-corrected chi connectivity index (χ1v) is 8.14. The van der Waals surface area contributed by atoms with Gasteiger partial charge in [-0.05, 0) is 23.0 Å². The molecule has 0 aliphatic heterocycles. The van der Waals surface area contributed by atoms with Crippen LogP contribution in [0.15, 0.2) is 4.34 Å². The van der Waals surface area contributed by atoms with Gasteiger partial charge in [-0.3, -0.25) is 5.10 Å². The van der Waals surface area contributed by atoms with Crippen LogP contribution < -0.4 is 11.3 Å². The van der Waals surface area contributed by atoms with Gasteiger partial charge in [0.1, 0.15) is 4.32 Å². The number of nitrogens with two attached hydrogens (primary N) is 1. The molecule has 78 valence electrons. The fraction of sp³-hybridized carbons (Fsp3) is 0.250. The van der Waals surface area contributed by atoms with Crippen molar-refractivity contribution in [2.24, 2.45) is 5.84 Å². The van der Waals surface area contributed by atoms with E-state index in [9.17, 15) is 0 Å². The maximum atomic E-state index is 5.11. The number of hydrogen-bond acceptors (Lipinski definition) is 8. The molecule has 0 saturated heterocycles. The molecule has 0 radical (unpaired) electrons. The van der Waals surface area contributed by atoms with Gasteiger partial charge in [-0.15, -0.1) is 0 Å². The van der Waals surface area contributed by atoms with Crippen molar-refractivity contribution in [3.05, 3.63) is 3.95 Å². The van der Waals surface area contributed by atoms with Gasteiger partial charge in [0.2, 0.25) is 0 Å². The van der Waals surface area contributed by atoms with E-state index >= 15 is 0 Å². The minimum Gasteiger partial charge on any atom is -0.309 e. The van der Waals surface area contributed by atoms with Crippen LogP contribution in [0, 0.1) is 3.95 Å². The number of hydrazine groups is 1. The summed E-state index contributed by atoms with van der Waals surface area (Å²) in [4.78, 5) is 0. The second kappa shape index (κ2) is 7.04. The van der Waals surface area contributed by atoms with Gasteiger partial charge in [0.15, 0.2) is 8.29 Å². The molecule has 0 aromatic carbocycles. The lowest BCUT2D eigenvalue weighted by molar-refractivity contribution is 1.01. The van der Waals surface area contributed by atoms with Crippen molar-refractivity contribution < 1.29 is 0 Å². The molecule has 4 nitrogen and oxygen atoms in total. The summed E-state index contributed by atoms with van der Waals surface area (Å²) in [5.74, 6) is 5.11. The minimum absolute atomic E-state index is 0.591. The van der Waals surface area contributed by atoms with Crippen LogP contribution in [0.2, 0.25) is 0 Å². The van der Waals surface area contributed by atoms with Gasteiger partial charge in [0.25, 0.3) is 0 Å². The predicted molar refractivity (Wildman–Crippen MR) is 73.1 cm³/mol. The Morgan fingerprint density at radius 2 is 2.50 bits per heavy atom. The molecule has 1 heterocycles. The molecule has 0 bridgehead atoms. The first-order chi connectivity index (χ1) is 6.72. The minimum atomic E-state index is 0.591. The van der Waals surface area contributed by atoms with E-state index in [4.69, 9.17) is 30.3 Å². The quantitative estimate of drug-likeness (QED) is 0.196. The van der Waals surface area contributed by atoms with E-state index < -0.39 is 0 Å². The highest BCUT2D eigenvalue weighted by Crippen LogP contribution is 2.34. The Kier molecular flexibility index (Phi) is 6.41. The topological polar surface area (TPSA) is 66.7 Å². The number of thiocarbonyl (C=S) groups is 1. The first-order valence-electron chi connectivity index (χ1n) is 3.20. The van der Waals surface area contributed by atoms with Crippen LogP contribution in [0.25, 0.3) is 0 Å². The zero-order valence-electron chi connectivity index (χ0n) is 6.68. The zero-order valence-corrected chi connectivity index (χ0v) is 11.6. The normalized spacial score (nSPS) is 10.1. The molecule has 4 N–H and O–H groups in total. The molecule has 0 unspecified atom stereocenters. The summed E-state index contributed by atoms with van der Waals surface area (Å²) in [5, 5.41) is 7.53. The van der Waals surface area contributed by atoms with Crippen molar-refractivity contribution in [3.8, 4) is 0 Å². The summed E-state index contributed by atoms with van der Waals surface area (Å²) in [7, 11) is 3.21. The number of thioether (sulfide) groups is 1. The highest BCUT2D eigenvalue weighted by atomic mass is 33.1. The molecule has 1 aromatic rings. The van der Waals surface area contributed by atoms with Gasteiger partial charge in [-0.1, -0.05) is 46.1 Å². The largest absolute Gasteiger partial charge is 0.309 e. The number of aromatic amines is 1. The molecular formula is C4H6N4S6. The Labute approximate surface area is 108 Å². The molecule has 0 aliphatic carbocycles. The Hall–Kier alpha value is 0.680. The van der Waals surface area contributed by atoms with Crippen LogP contribution in [0.5, 0.6) is 0 Å². The lowest BCUT2D eigenvalue weighted by atomic mass is 11.5. The molecule has 0 fully saturated rings. The lowest BCUT2D eigenvalue weighted by Crippen LogP contribution is -2.25. The molecule has 1 aromatic heterocycles. The summed E-state index contributed by atoms with van der Waals surface area (Å²) in [6.45, 7) is 0. The zero-order chi connectivity index (χ0) is 10.4. The number of hydrogen-bond donors (Lipinski definition) is 3. The van der Waals surface area contributed by atoms with Crippen LogP contribution in [0.1, 0.15) is 0 Å². The molecule has 0 aliphatic rings. The molecule has 0 saturated carbocycles. The second-order valence-corrected chi connectivity index (χ2v) is 8.00. The van der Waals surface area contributed by atoms with E-state index in [1.54, 1.807) is 21.6 Å². The lowest BCUT2D eigenvalue weighted by Gasteiger charge is -1.99. The van der Waals surface area contributed by atoms with Gasteiger partial charge in [0, 0.05) is 0 Å². The number of nitrogens with zero attached hydrogens (tertiary/aromatic N) is 1. The standard InChI is InChI=1S/C4H6N4S6/c5-6-2(9)11-1-12-14-4-8-7-3(10)13-4/h1,5H2,(H,6,9)(H,7,10). The molecule has 1 rings (SSSR count). The highest BCUT2D eigenvalue weighted by Gasteiger charge is 2.00. The van der Waals surface area contributed by atoms with Crippen molar-refractivity contribution in [1.82, 2.24) is 15.6 Å². The Morgan fingerprint density at radius 3 is 3.07 bits per heavy atom. The molecule has 0 amide bonds. The molecular weight excluding hydrogens is 296 g/mol. The predicted octanol–water partition coefficient (Wildman–Crippen LogP) is 2.38. The van der Waals surface area contributed by atoms with Crippen molar-refractivity contribution in [3.63, 3.8) is 0 Å². The van der Waals surface area contributed by atoms with Crippen LogP contribution in [0.3, 0.4) is 0 Å². The second-order valence-electron chi connectivity index (χ2n) is 1.77. The number of rotatable bonds is 4. The summed E-state index contributed by atoms with van der Waals surface area (Å²) in [6, 6.07) is 0. The molecule has 0 atom stereocenters. The monoisotopic (exact) mass is 302 g/mol. The van der Waals surface area contributed by atoms with E-state index in [1.807, 2.05) is 0 Å². The van der Waals surface area contributed by atoms with E-state index in [1.165, 1.54) is 23.1 Å². The Morgan fingerprint density at radius 1 is 1.71 bits per heavy atom. The average Bonchev–Trinajstić information content (AvgIpc) is 2.58. The summed E-state index contributed by atoms with van der Waals surface area (Å²) in [5.41, 5.74) is 2.40. The number of nitrogens with one attached hydrogen (secondary N) is 2. The van der Waals surface area contributed by atoms with Crippen LogP contribution in [-0.4, -0.2) is 19.6 Å². The third-order valence-electron chi connectivity index (χ3n) is 0.905. The van der Waals surface area contributed by atoms with Crippen LogP contribution in [0.4, 0.5) is 0 Å². The highest BCUT2D eigenvalue weighted by molar-refractivity contribution is 8.78. The fourth-order valence-electron chi connectivity index (χ4n) is 0.446. The maximum Gasteiger partial charge on any atom is 0.183 e. The molecule has 10 heteroatoms. The van der Waals surface area contributed by atoms with E-state index in [0.29, 0.717) is 8.27 Å². The van der Waals surface area contributed by atoms with Gasteiger partial charge < -0.3 is 5.43 Å². The summed E-state index contributed by atoms with van der Waals surface area (Å²) >= 11 is 12.7. The summed E-state index contributed by atoms with van der Waals surface area (Å²) in [6.07, 6.45) is 0. The Bertz CT molecular complexity index is 344. The number of H-pyrrole nitrogens is 1. The molecule has 14 heavy (non-hydrogen) atoms. The third-order valence-corrected chi connectivity index (χ3v) is 6.36. The van der Waals surface area contributed by atoms with Crippen LogP contribution >= 0.6 is 69.1 Å². The maximum absolute atomic E-state index is 5.11. The SMILES string of the molecule is NNC(=S)SCSSc1n[nH]c(=S)s1. The average molecular weight is 303 g/mol. The van der Waals surface area contributed by atoms with Gasteiger partial charge in [-0.25, -0.2) is 5.84 Å². The van der Waals surface area contributed by atoms with Crippen LogP contribution in [-0.2, 0) is 0 Å². The van der Waals surface area contributed by atoms with Crippen molar-refractivity contribution in [1.29, 1.82) is 0 Å².